The Kier molecular flexibility index (Phi) is 19.1. The van der Waals surface area contributed by atoms with Gasteiger partial charge < -0.3 is 38.7 Å². The molecule has 2 aromatic heterocycles. The third-order valence-electron chi connectivity index (χ3n) is 12.3. The molecule has 2 aliphatic carbocycles. The number of aromatic amines is 2. The molecule has 4 unspecified atom stereocenters. The number of aromatic nitrogens is 4. The second-order valence-electron chi connectivity index (χ2n) is 23.3. The molecule has 0 radical (unpaired) electrons. The van der Waals surface area contributed by atoms with E-state index in [2.05, 4.69) is 106 Å². The fourth-order valence-electron chi connectivity index (χ4n) is 11.1. The number of rotatable bonds is 20. The molecule has 0 aromatic carbocycles. The Morgan fingerprint density at radius 3 is 1.55 bits per heavy atom. The number of alkyl carbamates (subject to hydrolysis) is 1. The summed E-state index contributed by atoms with van der Waals surface area (Å²) in [5.74, 6) is 0.158. The zero-order chi connectivity index (χ0) is 51.6. The monoisotopic (exact) mass is 1020 g/mol. The first kappa shape index (κ1) is 57.0. The van der Waals surface area contributed by atoms with Crippen LogP contribution in [0.2, 0.25) is 45.3 Å². The molecule has 8 N–H and O–H groups in total. The van der Waals surface area contributed by atoms with Gasteiger partial charge in [-0.3, -0.25) is 30.2 Å². The number of carbonyl (C=O) groups is 4. The Labute approximate surface area is 411 Å². The summed E-state index contributed by atoms with van der Waals surface area (Å²) in [5.41, 5.74) is -0.517. The van der Waals surface area contributed by atoms with E-state index in [1.165, 1.54) is 12.1 Å². The van der Waals surface area contributed by atoms with Crippen molar-refractivity contribution in [2.75, 3.05) is 30.3 Å². The summed E-state index contributed by atoms with van der Waals surface area (Å²) in [4.78, 5) is 88.6. The highest BCUT2D eigenvalue weighted by Gasteiger charge is 2.46. The van der Waals surface area contributed by atoms with Gasteiger partial charge in [0.05, 0.1) is 6.61 Å². The number of aryl methyl sites for hydroxylation is 2. The molecule has 0 saturated heterocycles. The zero-order valence-electron chi connectivity index (χ0n) is 43.7. The number of hydrogen-bond donors (Lipinski definition) is 8. The molecule has 2 fully saturated rings. The molecule has 23 heteroatoms. The average molecular weight is 1020 g/mol. The van der Waals surface area contributed by atoms with Crippen LogP contribution in [0.5, 0.6) is 0 Å². The number of nitrogens with one attached hydrogen (secondary N) is 8. The maximum absolute atomic E-state index is 13.4. The van der Waals surface area contributed by atoms with Crippen LogP contribution >= 0.6 is 0 Å². The summed E-state index contributed by atoms with van der Waals surface area (Å²) in [7, 11) is -7.82. The predicted octanol–water partition coefficient (Wildman–Crippen LogP) is 8.24. The minimum absolute atomic E-state index is 0.0749. The van der Waals surface area contributed by atoms with Gasteiger partial charge in [-0.1, -0.05) is 60.8 Å². The molecule has 69 heavy (non-hydrogen) atoms. The Morgan fingerprint density at radius 2 is 1.09 bits per heavy atom. The lowest BCUT2D eigenvalue weighted by Gasteiger charge is -2.47. The number of anilines is 2. The van der Waals surface area contributed by atoms with Crippen molar-refractivity contribution >= 4 is 61.6 Å². The van der Waals surface area contributed by atoms with Gasteiger partial charge in [-0.05, 0) is 126 Å². The minimum Gasteiger partial charge on any atom is -0.479 e. The van der Waals surface area contributed by atoms with E-state index in [1.54, 1.807) is 13.8 Å². The number of amides is 6. The Hall–Kier alpha value is -4.59. The van der Waals surface area contributed by atoms with Crippen LogP contribution in [0.25, 0.3) is 0 Å². The Balaban J connectivity index is 1.13. The van der Waals surface area contributed by atoms with Crippen LogP contribution in [0, 0.1) is 35.5 Å². The fourth-order valence-corrected chi connectivity index (χ4v) is 23.8. The molecule has 4 rings (SSSR count). The second-order valence-corrected chi connectivity index (χ2v) is 34.8. The summed E-state index contributed by atoms with van der Waals surface area (Å²) in [6.07, 6.45) is 7.14. The summed E-state index contributed by atoms with van der Waals surface area (Å²) in [5, 5.41) is 17.2. The summed E-state index contributed by atoms with van der Waals surface area (Å²) >= 11 is 0. The number of nitrogens with zero attached hydrogens (tertiary/aromatic N) is 2. The van der Waals surface area contributed by atoms with Gasteiger partial charge in [-0.25, -0.2) is 29.1 Å². The van der Waals surface area contributed by atoms with Gasteiger partial charge in [-0.15, -0.1) is 0 Å². The molecule has 6 amide bonds. The van der Waals surface area contributed by atoms with Gasteiger partial charge in [0.1, 0.15) is 0 Å². The summed E-state index contributed by atoms with van der Waals surface area (Å²) in [6, 6.07) is 2.38. The molecule has 0 spiro atoms. The van der Waals surface area contributed by atoms with Gasteiger partial charge in [0, 0.05) is 48.7 Å². The van der Waals surface area contributed by atoms with Crippen LogP contribution in [-0.2, 0) is 17.4 Å². The fraction of sp³-hybridized carbons (Fsp3) is 0.739. The first-order valence-corrected chi connectivity index (χ1v) is 33.0. The van der Waals surface area contributed by atoms with Gasteiger partial charge in [0.15, 0.2) is 8.32 Å². The van der Waals surface area contributed by atoms with Gasteiger partial charge in [-0.2, -0.15) is 0 Å². The van der Waals surface area contributed by atoms with Crippen molar-refractivity contribution in [1.29, 1.82) is 0 Å². The maximum atomic E-state index is 13.4. The molecule has 0 bridgehead atoms. The van der Waals surface area contributed by atoms with Gasteiger partial charge >= 0.3 is 41.4 Å². The van der Waals surface area contributed by atoms with E-state index >= 15 is 0 Å². The van der Waals surface area contributed by atoms with Gasteiger partial charge in [0.25, 0.3) is 11.1 Å². The molecular weight excluding hydrogens is 937 g/mol. The van der Waals surface area contributed by atoms with E-state index in [-0.39, 0.29) is 56.8 Å². The quantitative estimate of drug-likeness (QED) is 0.0460. The highest BCUT2D eigenvalue weighted by atomic mass is 28.5. The van der Waals surface area contributed by atoms with Crippen molar-refractivity contribution in [3.05, 3.63) is 44.2 Å². The topological polar surface area (TPSA) is 269 Å². The van der Waals surface area contributed by atoms with E-state index in [1.807, 2.05) is 26.2 Å². The van der Waals surface area contributed by atoms with E-state index in [4.69, 9.17) is 17.4 Å². The van der Waals surface area contributed by atoms with Crippen molar-refractivity contribution < 1.29 is 36.6 Å². The number of carbonyl (C=O) groups excluding carboxylic acids is 4. The van der Waals surface area contributed by atoms with Crippen LogP contribution in [0.1, 0.15) is 117 Å². The summed E-state index contributed by atoms with van der Waals surface area (Å²) < 4.78 is 25.0. The molecule has 0 aliphatic heterocycles. The normalized spacial score (nSPS) is 22.4. The standard InChI is InChI=1S/C46H82N10O10Si3/c1-31-21-35(57)53-37(49-31)55-39(59)47-29-45(7)25-33(23-43(3,4)27-45)51-41(61)63-19-17-15-16-18-20-67(9,10)65-69(13,14)66-68(11,12)64-42(62)52-34-24-44(5,6)28-46(8,26-34)30-48-40(60)56-38-50-32(2)22-36(58)54-38/h21-22,33-34H,15-20,23-30H2,1-14H3,(H,51,61)(H,52,62)(H3,47,49,53,55,57,59)(H3,48,50,54,56,58,60). The van der Waals surface area contributed by atoms with Gasteiger partial charge in [0.2, 0.25) is 11.9 Å². The molecule has 2 aromatic rings. The molecule has 20 nitrogen and oxygen atoms in total. The minimum atomic E-state index is -2.97. The zero-order valence-corrected chi connectivity index (χ0v) is 46.7. The maximum Gasteiger partial charge on any atom is 0.407 e. The lowest BCUT2D eigenvalue weighted by molar-refractivity contribution is 0.0666. The molecule has 388 valence electrons. The SMILES string of the molecule is Cc1cc(=O)[nH]c(NC(=O)NCC2(C)CC(NC(=O)OCCCCCC[Si](C)(C)O[Si](C)(C)O[Si](C)(C)OC(=O)NC3CC(C)(C)CC(C)(CNC(=O)Nc4nc(C)cc(=O)[nH]4)C3)CC(C)(C)C2)n1. The van der Waals surface area contributed by atoms with Crippen LogP contribution in [0.3, 0.4) is 0 Å². The number of H-pyrrole nitrogens is 2. The summed E-state index contributed by atoms with van der Waals surface area (Å²) in [6.45, 7) is 29.4. The van der Waals surface area contributed by atoms with Crippen molar-refractivity contribution in [2.24, 2.45) is 21.7 Å². The van der Waals surface area contributed by atoms with E-state index < -0.39 is 49.7 Å². The van der Waals surface area contributed by atoms with Crippen LogP contribution in [0.4, 0.5) is 31.1 Å². The predicted molar refractivity (Wildman–Crippen MR) is 274 cm³/mol. The lowest BCUT2D eigenvalue weighted by Crippen LogP contribution is -2.56. The Morgan fingerprint density at radius 1 is 0.638 bits per heavy atom. The van der Waals surface area contributed by atoms with Crippen LogP contribution < -0.4 is 43.0 Å². The molecule has 4 atom stereocenters. The largest absolute Gasteiger partial charge is 0.479 e. The van der Waals surface area contributed by atoms with Crippen molar-refractivity contribution in [1.82, 2.24) is 41.2 Å². The third-order valence-corrected chi connectivity index (χ3v) is 22.7. The first-order chi connectivity index (χ1) is 31.7. The molecule has 2 aliphatic rings. The third kappa shape index (κ3) is 20.7. The molecule has 2 saturated carbocycles. The first-order valence-electron chi connectivity index (χ1n) is 24.3. The molecule has 2 heterocycles. The second kappa shape index (κ2) is 23.1. The van der Waals surface area contributed by atoms with Crippen molar-refractivity contribution in [3.8, 4) is 0 Å². The number of urea groups is 2. The number of unbranched alkanes of at least 4 members (excludes halogenated alkanes) is 3. The van der Waals surface area contributed by atoms with Crippen molar-refractivity contribution in [2.45, 2.75) is 177 Å². The van der Waals surface area contributed by atoms with Crippen molar-refractivity contribution in [3.63, 3.8) is 0 Å². The van der Waals surface area contributed by atoms with E-state index in [0.717, 1.165) is 57.4 Å². The van der Waals surface area contributed by atoms with E-state index in [0.29, 0.717) is 43.9 Å². The van der Waals surface area contributed by atoms with E-state index in [9.17, 15) is 28.8 Å². The van der Waals surface area contributed by atoms with Crippen LogP contribution in [-0.4, -0.2) is 101 Å². The van der Waals surface area contributed by atoms with Crippen LogP contribution in [0.15, 0.2) is 21.7 Å². The highest BCUT2D eigenvalue weighted by molar-refractivity contribution is 6.86. The average Bonchev–Trinajstić information content (AvgIpc) is 3.12. The lowest BCUT2D eigenvalue weighted by atomic mass is 9.62. The highest BCUT2D eigenvalue weighted by Crippen LogP contribution is 2.47. The number of hydrogen-bond acceptors (Lipinski definition) is 12. The molecular formula is C46H82N10O10Si3. The Bertz CT molecular complexity index is 2240. The smallest absolute Gasteiger partial charge is 0.407 e. The number of ether oxygens (including phenoxy) is 1.